The van der Waals surface area contributed by atoms with Gasteiger partial charge in [-0.1, -0.05) is 11.3 Å². The zero-order valence-corrected chi connectivity index (χ0v) is 11.2. The van der Waals surface area contributed by atoms with Crippen LogP contribution in [0.2, 0.25) is 0 Å². The molecular formula is C15H11N4S+. The van der Waals surface area contributed by atoms with Crippen LogP contribution in [0.15, 0.2) is 36.9 Å². The van der Waals surface area contributed by atoms with Crippen molar-refractivity contribution in [3.63, 3.8) is 0 Å². The normalized spacial score (nSPS) is 15.9. The molecular weight excluding hydrogens is 268 g/mol. The van der Waals surface area contributed by atoms with Crippen molar-refractivity contribution in [2.75, 3.05) is 0 Å². The molecule has 0 aromatic carbocycles. The minimum atomic E-state index is -2.25. The number of thiophene rings is 1. The Labute approximate surface area is 123 Å². The zero-order valence-electron chi connectivity index (χ0n) is 13.4. The smallest absolute Gasteiger partial charge is 0.264 e. The third-order valence-corrected chi connectivity index (χ3v) is 5.01. The van der Waals surface area contributed by atoms with E-state index in [2.05, 4.69) is 14.5 Å². The summed E-state index contributed by atoms with van der Waals surface area (Å²) in [6, 6.07) is 3.78. The lowest BCUT2D eigenvalue weighted by atomic mass is 10.2. The molecule has 0 N–H and O–H groups in total. The van der Waals surface area contributed by atoms with Crippen molar-refractivity contribution in [1.82, 2.24) is 14.5 Å². The van der Waals surface area contributed by atoms with Crippen molar-refractivity contribution in [3.8, 4) is 11.4 Å². The van der Waals surface area contributed by atoms with Crippen LogP contribution in [0.25, 0.3) is 31.8 Å². The molecule has 0 saturated carbocycles. The molecule has 0 bridgehead atoms. The van der Waals surface area contributed by atoms with Crippen LogP contribution in [0.4, 0.5) is 0 Å². The van der Waals surface area contributed by atoms with Gasteiger partial charge in [0.1, 0.15) is 6.54 Å². The van der Waals surface area contributed by atoms with E-state index in [1.54, 1.807) is 29.9 Å². The molecule has 5 heteroatoms. The van der Waals surface area contributed by atoms with E-state index in [0.29, 0.717) is 6.54 Å². The van der Waals surface area contributed by atoms with Gasteiger partial charge in [0.25, 0.3) is 5.82 Å². The van der Waals surface area contributed by atoms with Crippen LogP contribution in [0.3, 0.4) is 0 Å². The molecule has 0 fully saturated rings. The van der Waals surface area contributed by atoms with Crippen LogP contribution >= 0.6 is 11.3 Å². The van der Waals surface area contributed by atoms with Crippen molar-refractivity contribution >= 4 is 31.8 Å². The van der Waals surface area contributed by atoms with Crippen LogP contribution in [0.1, 0.15) is 9.68 Å². The molecule has 20 heavy (non-hydrogen) atoms. The molecule has 5 rings (SSSR count). The van der Waals surface area contributed by atoms with Gasteiger partial charge in [0.2, 0.25) is 4.83 Å². The van der Waals surface area contributed by atoms with Crippen LogP contribution in [-0.4, -0.2) is 14.5 Å². The summed E-state index contributed by atoms with van der Waals surface area (Å²) >= 11 is 1.58. The summed E-state index contributed by atoms with van der Waals surface area (Å²) in [6.07, 6.45) is 7.02. The summed E-state index contributed by atoms with van der Waals surface area (Å²) in [6.45, 7) is -1.60. The first-order valence-corrected chi connectivity index (χ1v) is 7.12. The minimum Gasteiger partial charge on any atom is -0.264 e. The van der Waals surface area contributed by atoms with Crippen molar-refractivity contribution in [2.45, 2.75) is 6.54 Å². The first-order chi connectivity index (χ1) is 11.1. The molecule has 4 aromatic heterocycles. The number of nitrogens with zero attached hydrogens (tertiary/aromatic N) is 4. The SMILES string of the molecule is [2H]C([2H])([2H])n1c2[n+](c3sc4cnccc4c31)Cc1cnccc1-2. The van der Waals surface area contributed by atoms with Gasteiger partial charge in [-0.15, -0.1) is 0 Å². The Bertz CT molecular complexity index is 1090. The highest BCUT2D eigenvalue weighted by Gasteiger charge is 2.34. The monoisotopic (exact) mass is 282 g/mol. The quantitative estimate of drug-likeness (QED) is 0.409. The highest BCUT2D eigenvalue weighted by Crippen LogP contribution is 2.37. The Kier molecular flexibility index (Phi) is 1.39. The lowest BCUT2D eigenvalue weighted by Gasteiger charge is -1.95. The Morgan fingerprint density at radius 1 is 1.30 bits per heavy atom. The second kappa shape index (κ2) is 3.43. The lowest BCUT2D eigenvalue weighted by Crippen LogP contribution is -2.30. The maximum absolute atomic E-state index is 8.05. The number of aromatic nitrogens is 4. The Hall–Kier alpha value is -2.27. The Morgan fingerprint density at radius 2 is 2.20 bits per heavy atom. The van der Waals surface area contributed by atoms with E-state index in [4.69, 9.17) is 4.11 Å². The molecule has 0 radical (unpaired) electrons. The van der Waals surface area contributed by atoms with Gasteiger partial charge < -0.3 is 0 Å². The van der Waals surface area contributed by atoms with E-state index in [0.717, 1.165) is 37.4 Å². The molecule has 1 aliphatic rings. The van der Waals surface area contributed by atoms with Crippen molar-refractivity contribution in [1.29, 1.82) is 0 Å². The lowest BCUT2D eigenvalue weighted by molar-refractivity contribution is -0.644. The second-order valence-corrected chi connectivity index (χ2v) is 5.94. The van der Waals surface area contributed by atoms with Gasteiger partial charge in [-0.25, -0.2) is 9.13 Å². The predicted molar refractivity (Wildman–Crippen MR) is 78.6 cm³/mol. The fraction of sp³-hybridized carbons (Fsp3) is 0.133. The largest absolute Gasteiger partial charge is 0.291 e. The fourth-order valence-electron chi connectivity index (χ4n) is 3.00. The van der Waals surface area contributed by atoms with Gasteiger partial charge in [0, 0.05) is 35.7 Å². The van der Waals surface area contributed by atoms with Crippen LogP contribution in [0.5, 0.6) is 0 Å². The summed E-state index contributed by atoms with van der Waals surface area (Å²) in [5.41, 5.74) is 2.77. The molecule has 96 valence electrons. The van der Waals surface area contributed by atoms with Gasteiger partial charge in [-0.2, -0.15) is 0 Å². The maximum Gasteiger partial charge on any atom is 0.291 e. The molecule has 0 atom stereocenters. The van der Waals surface area contributed by atoms with Crippen LogP contribution in [-0.2, 0) is 13.5 Å². The van der Waals surface area contributed by atoms with E-state index < -0.39 is 6.98 Å². The summed E-state index contributed by atoms with van der Waals surface area (Å²) < 4.78 is 28.7. The van der Waals surface area contributed by atoms with Gasteiger partial charge in [-0.05, 0) is 12.1 Å². The first-order valence-electron chi connectivity index (χ1n) is 7.80. The third kappa shape index (κ3) is 1.10. The molecule has 4 nitrogen and oxygen atoms in total. The highest BCUT2D eigenvalue weighted by atomic mass is 32.1. The van der Waals surface area contributed by atoms with Crippen molar-refractivity contribution in [3.05, 3.63) is 42.5 Å². The summed E-state index contributed by atoms with van der Waals surface area (Å²) in [7, 11) is 0. The van der Waals surface area contributed by atoms with Gasteiger partial charge >= 0.3 is 0 Å². The van der Waals surface area contributed by atoms with E-state index in [9.17, 15) is 0 Å². The zero-order chi connectivity index (χ0) is 15.8. The number of hydrogen-bond acceptors (Lipinski definition) is 3. The number of hydrogen-bond donors (Lipinski definition) is 0. The van der Waals surface area contributed by atoms with Crippen LogP contribution < -0.4 is 4.57 Å². The minimum absolute atomic E-state index is 0.651. The highest BCUT2D eigenvalue weighted by molar-refractivity contribution is 7.25. The van der Waals surface area contributed by atoms with E-state index in [-0.39, 0.29) is 0 Å². The Morgan fingerprint density at radius 3 is 3.15 bits per heavy atom. The standard InChI is InChI=1S/C15H11N4S/c1-18-13-11-3-5-17-7-12(11)20-15(13)19-8-9-6-16-4-2-10(9)14(18)19/h2-7H,8H2,1H3/q+1/i1D3. The second-order valence-electron chi connectivity index (χ2n) is 4.91. The van der Waals surface area contributed by atoms with E-state index in [1.807, 2.05) is 18.3 Å². The summed E-state index contributed by atoms with van der Waals surface area (Å²) in [4.78, 5) is 9.29. The number of pyridine rings is 2. The number of imidazole rings is 1. The molecule has 0 aliphatic carbocycles. The van der Waals surface area contributed by atoms with Crippen molar-refractivity contribution < 1.29 is 8.68 Å². The topological polar surface area (TPSA) is 34.6 Å². The Balaban J connectivity index is 2.01. The van der Waals surface area contributed by atoms with Crippen molar-refractivity contribution in [2.24, 2.45) is 6.98 Å². The molecule has 5 heterocycles. The first kappa shape index (κ1) is 8.11. The fourth-order valence-corrected chi connectivity index (χ4v) is 4.16. The van der Waals surface area contributed by atoms with E-state index in [1.165, 1.54) is 4.57 Å². The molecule has 0 amide bonds. The third-order valence-electron chi connectivity index (χ3n) is 3.86. The van der Waals surface area contributed by atoms with Gasteiger partial charge in [0.15, 0.2) is 5.52 Å². The number of aryl methyl sites for hydroxylation is 1. The van der Waals surface area contributed by atoms with Gasteiger partial charge in [0.05, 0.1) is 21.4 Å². The number of rotatable bonds is 0. The molecule has 1 aliphatic heterocycles. The predicted octanol–water partition coefficient (Wildman–Crippen LogP) is 2.50. The molecule has 0 spiro atoms. The molecule has 0 saturated heterocycles. The number of fused-ring (bicyclic) bond motifs is 7. The van der Waals surface area contributed by atoms with Gasteiger partial charge in [-0.3, -0.25) is 9.97 Å². The maximum atomic E-state index is 8.05. The summed E-state index contributed by atoms with van der Waals surface area (Å²) in [5, 5.41) is 0.939. The average Bonchev–Trinajstić information content (AvgIpc) is 3.13. The van der Waals surface area contributed by atoms with Crippen LogP contribution in [0, 0.1) is 0 Å². The average molecular weight is 282 g/mol. The summed E-state index contributed by atoms with van der Waals surface area (Å²) in [5.74, 6) is 0.738. The molecule has 0 unspecified atom stereocenters. The molecule has 4 aromatic rings. The van der Waals surface area contributed by atoms with E-state index >= 15 is 0 Å².